The second-order valence-electron chi connectivity index (χ2n) is 7.16. The summed E-state index contributed by atoms with van der Waals surface area (Å²) in [6.07, 6.45) is 4.65. The van der Waals surface area contributed by atoms with Gasteiger partial charge in [-0.15, -0.1) is 0 Å². The molecule has 150 valence electrons. The van der Waals surface area contributed by atoms with Gasteiger partial charge in [-0.1, -0.05) is 25.4 Å². The Bertz CT molecular complexity index is 889. The second kappa shape index (κ2) is 9.50. The molecule has 2 amide bonds. The molecule has 0 saturated heterocycles. The zero-order valence-electron chi connectivity index (χ0n) is 16.9. The fourth-order valence-electron chi connectivity index (χ4n) is 2.59. The Balaban J connectivity index is 1.98. The largest absolute Gasteiger partial charge is 0.333 e. The van der Waals surface area contributed by atoms with Gasteiger partial charge in [-0.25, -0.2) is 4.98 Å². The van der Waals surface area contributed by atoms with E-state index >= 15 is 0 Å². The van der Waals surface area contributed by atoms with Crippen LogP contribution in [0.25, 0.3) is 6.08 Å². The third-order valence-electron chi connectivity index (χ3n) is 3.98. The quantitative estimate of drug-likeness (QED) is 0.719. The summed E-state index contributed by atoms with van der Waals surface area (Å²) in [7, 11) is 1.56. The van der Waals surface area contributed by atoms with Gasteiger partial charge in [0.1, 0.15) is 11.0 Å². The molecule has 2 aromatic rings. The van der Waals surface area contributed by atoms with Crippen LogP contribution >= 0.6 is 11.6 Å². The lowest BCUT2D eigenvalue weighted by Crippen LogP contribution is -2.34. The van der Waals surface area contributed by atoms with Crippen molar-refractivity contribution in [3.05, 3.63) is 46.4 Å². The topological polar surface area (TPSA) is 80.1 Å². The minimum Gasteiger partial charge on any atom is -0.333 e. The van der Waals surface area contributed by atoms with Crippen molar-refractivity contribution in [1.82, 2.24) is 19.7 Å². The van der Waals surface area contributed by atoms with Crippen LogP contribution in [0.5, 0.6) is 0 Å². The van der Waals surface area contributed by atoms with E-state index in [4.69, 9.17) is 11.6 Å². The molecular formula is C20H26ClN5O2. The standard InChI is InChI=1S/C20H26ClN5O2/c1-13(2)11-26-20(21)16(15(4)24-26)6-7-19(28)25(5)12-18(27)23-17-10-14(3)8-9-22-17/h6-10,13H,11-12H2,1-5H3,(H,22,23,27)/b7-6+. The maximum Gasteiger partial charge on any atom is 0.246 e. The van der Waals surface area contributed by atoms with Crippen LogP contribution in [-0.2, 0) is 16.1 Å². The summed E-state index contributed by atoms with van der Waals surface area (Å²) in [6.45, 7) is 8.54. The molecule has 7 nitrogen and oxygen atoms in total. The molecule has 2 heterocycles. The number of amides is 2. The monoisotopic (exact) mass is 403 g/mol. The van der Waals surface area contributed by atoms with E-state index < -0.39 is 0 Å². The minimum absolute atomic E-state index is 0.0852. The molecule has 2 aromatic heterocycles. The van der Waals surface area contributed by atoms with Gasteiger partial charge in [-0.05, 0) is 43.5 Å². The first kappa shape index (κ1) is 21.6. The SMILES string of the molecule is Cc1ccnc(NC(=O)CN(C)C(=O)/C=C/c2c(C)nn(CC(C)C)c2Cl)c1. The lowest BCUT2D eigenvalue weighted by atomic mass is 10.2. The summed E-state index contributed by atoms with van der Waals surface area (Å²) in [5.41, 5.74) is 2.45. The van der Waals surface area contributed by atoms with E-state index in [1.807, 2.05) is 19.9 Å². The van der Waals surface area contributed by atoms with Crippen LogP contribution in [0.1, 0.15) is 30.7 Å². The summed E-state index contributed by atoms with van der Waals surface area (Å²) < 4.78 is 1.73. The van der Waals surface area contributed by atoms with Gasteiger partial charge in [-0.3, -0.25) is 14.3 Å². The predicted molar refractivity (Wildman–Crippen MR) is 111 cm³/mol. The highest BCUT2D eigenvalue weighted by Gasteiger charge is 2.14. The van der Waals surface area contributed by atoms with Gasteiger partial charge in [-0.2, -0.15) is 5.10 Å². The van der Waals surface area contributed by atoms with Gasteiger partial charge in [0, 0.05) is 31.4 Å². The van der Waals surface area contributed by atoms with E-state index in [0.717, 1.165) is 11.3 Å². The van der Waals surface area contributed by atoms with Crippen molar-refractivity contribution in [3.63, 3.8) is 0 Å². The average Bonchev–Trinajstić information content (AvgIpc) is 2.85. The smallest absolute Gasteiger partial charge is 0.246 e. The number of nitrogens with one attached hydrogen (secondary N) is 1. The first-order valence-electron chi connectivity index (χ1n) is 9.06. The third-order valence-corrected chi connectivity index (χ3v) is 4.38. The minimum atomic E-state index is -0.318. The van der Waals surface area contributed by atoms with Crippen molar-refractivity contribution in [2.75, 3.05) is 18.9 Å². The zero-order chi connectivity index (χ0) is 20.8. The second-order valence-corrected chi connectivity index (χ2v) is 7.52. The van der Waals surface area contributed by atoms with Gasteiger partial charge >= 0.3 is 0 Å². The molecule has 0 bridgehead atoms. The fraction of sp³-hybridized carbons (Fsp3) is 0.400. The summed E-state index contributed by atoms with van der Waals surface area (Å²) in [5, 5.41) is 7.59. The molecular weight excluding hydrogens is 378 g/mol. The summed E-state index contributed by atoms with van der Waals surface area (Å²) >= 11 is 6.38. The van der Waals surface area contributed by atoms with Gasteiger partial charge in [0.15, 0.2) is 0 Å². The maximum atomic E-state index is 12.3. The van der Waals surface area contributed by atoms with E-state index in [2.05, 4.69) is 29.2 Å². The van der Waals surface area contributed by atoms with Gasteiger partial charge in [0.2, 0.25) is 11.8 Å². The summed E-state index contributed by atoms with van der Waals surface area (Å²) in [6, 6.07) is 3.60. The predicted octanol–water partition coefficient (Wildman–Crippen LogP) is 3.31. The van der Waals surface area contributed by atoms with Crippen LogP contribution in [0.3, 0.4) is 0 Å². The van der Waals surface area contributed by atoms with Crippen LogP contribution in [0, 0.1) is 19.8 Å². The van der Waals surface area contributed by atoms with Crippen molar-refractivity contribution in [3.8, 4) is 0 Å². The Hall–Kier alpha value is -2.67. The van der Waals surface area contributed by atoms with Crippen molar-refractivity contribution in [1.29, 1.82) is 0 Å². The number of carbonyl (C=O) groups is 2. The Labute approximate surface area is 170 Å². The molecule has 2 rings (SSSR count). The summed E-state index contributed by atoms with van der Waals surface area (Å²) in [5.74, 6) is 0.241. The molecule has 0 spiro atoms. The number of pyridine rings is 1. The molecule has 0 fully saturated rings. The number of carbonyl (C=O) groups excluding carboxylic acids is 2. The average molecular weight is 404 g/mol. The summed E-state index contributed by atoms with van der Waals surface area (Å²) in [4.78, 5) is 29.9. The number of hydrogen-bond donors (Lipinski definition) is 1. The molecule has 0 radical (unpaired) electrons. The van der Waals surface area contributed by atoms with E-state index in [1.165, 1.54) is 11.0 Å². The molecule has 0 saturated carbocycles. The molecule has 0 aliphatic carbocycles. The van der Waals surface area contributed by atoms with Crippen LogP contribution in [0.4, 0.5) is 5.82 Å². The highest BCUT2D eigenvalue weighted by Crippen LogP contribution is 2.22. The van der Waals surface area contributed by atoms with Crippen molar-refractivity contribution in [2.24, 2.45) is 5.92 Å². The van der Waals surface area contributed by atoms with Crippen LogP contribution in [0.2, 0.25) is 5.15 Å². The molecule has 0 atom stereocenters. The Kier molecular flexibility index (Phi) is 7.34. The van der Waals surface area contributed by atoms with Gasteiger partial charge in [0.25, 0.3) is 0 Å². The number of rotatable bonds is 7. The number of anilines is 1. The maximum absolute atomic E-state index is 12.3. The van der Waals surface area contributed by atoms with Crippen molar-refractivity contribution >= 4 is 35.3 Å². The Morgan fingerprint density at radius 1 is 1.36 bits per heavy atom. The van der Waals surface area contributed by atoms with E-state index in [-0.39, 0.29) is 18.4 Å². The molecule has 0 aliphatic heterocycles. The highest BCUT2D eigenvalue weighted by molar-refractivity contribution is 6.31. The molecule has 0 aromatic carbocycles. The van der Waals surface area contributed by atoms with E-state index in [1.54, 1.807) is 30.1 Å². The first-order chi connectivity index (χ1) is 13.2. The van der Waals surface area contributed by atoms with Crippen molar-refractivity contribution < 1.29 is 9.59 Å². The molecule has 28 heavy (non-hydrogen) atoms. The fourth-order valence-corrected chi connectivity index (χ4v) is 2.89. The Morgan fingerprint density at radius 2 is 2.07 bits per heavy atom. The lowest BCUT2D eigenvalue weighted by Gasteiger charge is -2.14. The highest BCUT2D eigenvalue weighted by atomic mass is 35.5. The Morgan fingerprint density at radius 3 is 2.71 bits per heavy atom. The number of halogens is 1. The molecule has 0 unspecified atom stereocenters. The number of aromatic nitrogens is 3. The number of likely N-dealkylation sites (N-methyl/N-ethyl adjacent to an activating group) is 1. The molecule has 1 N–H and O–H groups in total. The van der Waals surface area contributed by atoms with Crippen LogP contribution in [0.15, 0.2) is 24.4 Å². The van der Waals surface area contributed by atoms with Crippen molar-refractivity contribution in [2.45, 2.75) is 34.2 Å². The van der Waals surface area contributed by atoms with Gasteiger partial charge in [0.05, 0.1) is 12.2 Å². The zero-order valence-corrected chi connectivity index (χ0v) is 17.6. The normalized spacial score (nSPS) is 11.2. The number of aryl methyl sites for hydroxylation is 2. The van der Waals surface area contributed by atoms with Gasteiger partial charge < -0.3 is 10.2 Å². The first-order valence-corrected chi connectivity index (χ1v) is 9.43. The number of nitrogens with zero attached hydrogens (tertiary/aromatic N) is 4. The van der Waals surface area contributed by atoms with E-state index in [9.17, 15) is 9.59 Å². The lowest BCUT2D eigenvalue weighted by molar-refractivity contribution is -0.129. The van der Waals surface area contributed by atoms with Crippen LogP contribution < -0.4 is 5.32 Å². The molecule has 0 aliphatic rings. The number of hydrogen-bond acceptors (Lipinski definition) is 4. The van der Waals surface area contributed by atoms with Crippen LogP contribution in [-0.4, -0.2) is 45.1 Å². The van der Waals surface area contributed by atoms with E-state index in [0.29, 0.717) is 29.0 Å². The molecule has 8 heteroatoms. The third kappa shape index (κ3) is 5.92.